The Hall–Kier alpha value is -1.71. The number of aliphatic hydroxyl groups is 1. The van der Waals surface area contributed by atoms with E-state index in [1.165, 1.54) is 0 Å². The minimum atomic E-state index is -0.595. The highest BCUT2D eigenvalue weighted by atomic mass is 35.5. The predicted octanol–water partition coefficient (Wildman–Crippen LogP) is 4.19. The Morgan fingerprint density at radius 2 is 1.58 bits per heavy atom. The van der Waals surface area contributed by atoms with Crippen molar-refractivity contribution < 1.29 is 14.6 Å². The molecule has 0 saturated carbocycles. The van der Waals surface area contributed by atoms with Gasteiger partial charge in [0.15, 0.2) is 0 Å². The number of benzene rings is 2. The van der Waals surface area contributed by atoms with Crippen LogP contribution in [-0.2, 0) is 0 Å². The van der Waals surface area contributed by atoms with E-state index in [4.69, 9.17) is 21.1 Å². The Morgan fingerprint density at radius 1 is 1.00 bits per heavy atom. The molecule has 0 radical (unpaired) electrons. The maximum atomic E-state index is 9.50. The van der Waals surface area contributed by atoms with E-state index in [9.17, 15) is 5.11 Å². The molecular weight excluding hydrogens is 264 g/mol. The maximum absolute atomic E-state index is 9.50. The molecule has 0 aliphatic carbocycles. The molecule has 0 amide bonds. The average molecular weight is 279 g/mol. The molecule has 4 heteroatoms. The predicted molar refractivity (Wildman–Crippen MR) is 75.2 cm³/mol. The number of rotatable bonds is 4. The fraction of sp³-hybridized carbons (Fsp3) is 0.200. The first-order valence-electron chi connectivity index (χ1n) is 5.89. The summed E-state index contributed by atoms with van der Waals surface area (Å²) in [7, 11) is 1.62. The quantitative estimate of drug-likeness (QED) is 0.911. The van der Waals surface area contributed by atoms with Crippen molar-refractivity contribution in [3.05, 3.63) is 53.1 Å². The van der Waals surface area contributed by atoms with Gasteiger partial charge in [0, 0.05) is 0 Å². The van der Waals surface area contributed by atoms with Gasteiger partial charge in [-0.1, -0.05) is 17.7 Å². The highest BCUT2D eigenvalue weighted by Gasteiger charge is 2.08. The molecule has 100 valence electrons. The van der Waals surface area contributed by atoms with Gasteiger partial charge in [0.05, 0.1) is 18.2 Å². The van der Waals surface area contributed by atoms with Crippen LogP contribution in [0.4, 0.5) is 0 Å². The summed E-state index contributed by atoms with van der Waals surface area (Å²) >= 11 is 6.08. The molecule has 0 heterocycles. The minimum absolute atomic E-state index is 0.487. The highest BCUT2D eigenvalue weighted by molar-refractivity contribution is 6.31. The second-order valence-corrected chi connectivity index (χ2v) is 4.54. The number of aliphatic hydroxyl groups excluding tert-OH is 1. The Balaban J connectivity index is 2.16. The molecule has 0 saturated heterocycles. The van der Waals surface area contributed by atoms with E-state index in [1.54, 1.807) is 32.2 Å². The number of halogens is 1. The van der Waals surface area contributed by atoms with Gasteiger partial charge in [-0.05, 0) is 48.9 Å². The second kappa shape index (κ2) is 5.95. The van der Waals surface area contributed by atoms with Crippen molar-refractivity contribution in [2.75, 3.05) is 7.11 Å². The number of hydrogen-bond donors (Lipinski definition) is 1. The van der Waals surface area contributed by atoms with E-state index in [-0.39, 0.29) is 0 Å². The van der Waals surface area contributed by atoms with Crippen LogP contribution in [0.3, 0.4) is 0 Å². The molecule has 0 spiro atoms. The van der Waals surface area contributed by atoms with Crippen LogP contribution >= 0.6 is 11.6 Å². The smallest absolute Gasteiger partial charge is 0.128 e. The van der Waals surface area contributed by atoms with E-state index in [0.29, 0.717) is 22.1 Å². The Kier molecular flexibility index (Phi) is 4.30. The summed E-state index contributed by atoms with van der Waals surface area (Å²) in [5, 5.41) is 9.99. The highest BCUT2D eigenvalue weighted by Crippen LogP contribution is 2.30. The van der Waals surface area contributed by atoms with Crippen molar-refractivity contribution in [3.8, 4) is 17.2 Å². The molecule has 1 atom stereocenters. The average Bonchev–Trinajstić information content (AvgIpc) is 2.39. The van der Waals surface area contributed by atoms with Gasteiger partial charge in [-0.3, -0.25) is 0 Å². The van der Waals surface area contributed by atoms with E-state index < -0.39 is 6.10 Å². The Morgan fingerprint density at radius 3 is 2.11 bits per heavy atom. The van der Waals surface area contributed by atoms with Gasteiger partial charge < -0.3 is 14.6 Å². The zero-order valence-electron chi connectivity index (χ0n) is 10.8. The Bertz CT molecular complexity index is 550. The fourth-order valence-corrected chi connectivity index (χ4v) is 2.02. The molecule has 2 aromatic rings. The lowest BCUT2D eigenvalue weighted by atomic mass is 10.1. The summed E-state index contributed by atoms with van der Waals surface area (Å²) in [6, 6.07) is 12.5. The van der Waals surface area contributed by atoms with Gasteiger partial charge in [0.2, 0.25) is 0 Å². The first-order chi connectivity index (χ1) is 9.10. The van der Waals surface area contributed by atoms with Gasteiger partial charge in [-0.2, -0.15) is 0 Å². The molecule has 0 aliphatic heterocycles. The molecule has 19 heavy (non-hydrogen) atoms. The lowest BCUT2D eigenvalue weighted by Gasteiger charge is -2.10. The molecule has 2 rings (SSSR count). The molecule has 0 bridgehead atoms. The molecule has 3 nitrogen and oxygen atoms in total. The van der Waals surface area contributed by atoms with Crippen LogP contribution < -0.4 is 9.47 Å². The number of ether oxygens (including phenoxy) is 2. The van der Waals surface area contributed by atoms with Gasteiger partial charge in [0.1, 0.15) is 17.2 Å². The summed E-state index contributed by atoms with van der Waals surface area (Å²) in [6.07, 6.45) is -0.595. The van der Waals surface area contributed by atoms with Gasteiger partial charge in [-0.25, -0.2) is 0 Å². The van der Waals surface area contributed by atoms with Crippen LogP contribution in [0.25, 0.3) is 0 Å². The summed E-state index contributed by atoms with van der Waals surface area (Å²) in [5.41, 5.74) is 0.684. The van der Waals surface area contributed by atoms with Crippen molar-refractivity contribution in [2.24, 2.45) is 0 Å². The first kappa shape index (κ1) is 13.7. The molecule has 1 unspecified atom stereocenters. The standard InChI is InChI=1S/C15H15ClO3/c1-10(17)14-8-7-13(9-15(14)16)19-12-5-3-11(18-2)4-6-12/h3-10,17H,1-2H3. The lowest BCUT2D eigenvalue weighted by molar-refractivity contribution is 0.199. The normalized spacial score (nSPS) is 12.0. The maximum Gasteiger partial charge on any atom is 0.128 e. The number of methoxy groups -OCH3 is 1. The molecular formula is C15H15ClO3. The number of hydrogen-bond acceptors (Lipinski definition) is 3. The molecule has 0 aliphatic rings. The summed E-state index contributed by atoms with van der Waals surface area (Å²) in [4.78, 5) is 0. The first-order valence-corrected chi connectivity index (χ1v) is 6.27. The van der Waals surface area contributed by atoms with Crippen LogP contribution in [-0.4, -0.2) is 12.2 Å². The summed E-state index contributed by atoms with van der Waals surface area (Å²) in [5.74, 6) is 2.09. The van der Waals surface area contributed by atoms with Crippen LogP contribution in [0.5, 0.6) is 17.2 Å². The van der Waals surface area contributed by atoms with E-state index in [1.807, 2.05) is 24.3 Å². The van der Waals surface area contributed by atoms with Gasteiger partial charge >= 0.3 is 0 Å². The summed E-state index contributed by atoms with van der Waals surface area (Å²) in [6.45, 7) is 1.67. The SMILES string of the molecule is COc1ccc(Oc2ccc(C(C)O)c(Cl)c2)cc1. The third-order valence-corrected chi connectivity index (χ3v) is 3.04. The second-order valence-electron chi connectivity index (χ2n) is 4.14. The van der Waals surface area contributed by atoms with Crippen molar-refractivity contribution in [1.82, 2.24) is 0 Å². The zero-order valence-corrected chi connectivity index (χ0v) is 11.5. The third-order valence-electron chi connectivity index (χ3n) is 2.72. The van der Waals surface area contributed by atoms with Crippen LogP contribution in [0.1, 0.15) is 18.6 Å². The van der Waals surface area contributed by atoms with Crippen molar-refractivity contribution in [1.29, 1.82) is 0 Å². The minimum Gasteiger partial charge on any atom is -0.497 e. The van der Waals surface area contributed by atoms with Crippen molar-refractivity contribution in [3.63, 3.8) is 0 Å². The van der Waals surface area contributed by atoms with Crippen LogP contribution in [0.2, 0.25) is 5.02 Å². The summed E-state index contributed by atoms with van der Waals surface area (Å²) < 4.78 is 10.7. The van der Waals surface area contributed by atoms with Crippen LogP contribution in [0.15, 0.2) is 42.5 Å². The molecule has 1 N–H and O–H groups in total. The topological polar surface area (TPSA) is 38.7 Å². The van der Waals surface area contributed by atoms with E-state index in [0.717, 1.165) is 5.75 Å². The zero-order chi connectivity index (χ0) is 13.8. The molecule has 0 aromatic heterocycles. The fourth-order valence-electron chi connectivity index (χ4n) is 1.69. The van der Waals surface area contributed by atoms with Crippen molar-refractivity contribution in [2.45, 2.75) is 13.0 Å². The van der Waals surface area contributed by atoms with E-state index >= 15 is 0 Å². The third kappa shape index (κ3) is 3.40. The van der Waals surface area contributed by atoms with Gasteiger partial charge in [-0.15, -0.1) is 0 Å². The van der Waals surface area contributed by atoms with Crippen molar-refractivity contribution >= 4 is 11.6 Å². The molecule has 2 aromatic carbocycles. The lowest BCUT2D eigenvalue weighted by Crippen LogP contribution is -1.93. The Labute approximate surface area is 117 Å². The molecule has 0 fully saturated rings. The monoisotopic (exact) mass is 278 g/mol. The van der Waals surface area contributed by atoms with Crippen LogP contribution in [0, 0.1) is 0 Å². The largest absolute Gasteiger partial charge is 0.497 e. The van der Waals surface area contributed by atoms with Gasteiger partial charge in [0.25, 0.3) is 0 Å². The van der Waals surface area contributed by atoms with E-state index in [2.05, 4.69) is 0 Å².